The third kappa shape index (κ3) is 9.53. The number of amides is 1. The Bertz CT molecular complexity index is 879. The fraction of sp³-hybridized carbons (Fsp3) is 0.679. The van der Waals surface area contributed by atoms with Gasteiger partial charge < -0.3 is 5.32 Å². The molecule has 0 spiro atoms. The summed E-state index contributed by atoms with van der Waals surface area (Å²) in [5.41, 5.74) is 3.90. The van der Waals surface area contributed by atoms with Crippen molar-refractivity contribution < 1.29 is 17.8 Å². The first-order valence-electron chi connectivity index (χ1n) is 13.0. The van der Waals surface area contributed by atoms with E-state index in [2.05, 4.69) is 18.8 Å². The molecule has 0 saturated carbocycles. The van der Waals surface area contributed by atoms with E-state index in [-0.39, 0.29) is 12.3 Å². The molecule has 0 radical (unpaired) electrons. The minimum absolute atomic E-state index is 0.210. The summed E-state index contributed by atoms with van der Waals surface area (Å²) >= 11 is 0. The van der Waals surface area contributed by atoms with Gasteiger partial charge in [-0.05, 0) is 74.8 Å². The molecular formula is C28H47NO4S. The summed E-state index contributed by atoms with van der Waals surface area (Å²) in [6.45, 7) is 11.5. The maximum atomic E-state index is 12.4. The van der Waals surface area contributed by atoms with Crippen molar-refractivity contribution in [3.63, 3.8) is 0 Å². The zero-order valence-electron chi connectivity index (χ0n) is 21.9. The minimum Gasteiger partial charge on any atom is -0.353 e. The molecule has 1 rings (SSSR count). The quantitative estimate of drug-likeness (QED) is 0.132. The van der Waals surface area contributed by atoms with Crippen LogP contribution in [0.2, 0.25) is 0 Å². The van der Waals surface area contributed by atoms with E-state index in [1.165, 1.54) is 69.4 Å². The van der Waals surface area contributed by atoms with Gasteiger partial charge in [0.1, 0.15) is 4.75 Å². The van der Waals surface area contributed by atoms with Crippen LogP contribution in [-0.2, 0) is 26.1 Å². The zero-order valence-corrected chi connectivity index (χ0v) is 22.7. The van der Waals surface area contributed by atoms with E-state index in [1.807, 2.05) is 26.0 Å². The lowest BCUT2D eigenvalue weighted by molar-refractivity contribution is -0.116. The Morgan fingerprint density at radius 2 is 1.53 bits per heavy atom. The zero-order chi connectivity index (χ0) is 25.6. The second-order valence-electron chi connectivity index (χ2n) is 9.76. The number of carbonyl (C=O) groups excluding carboxylic acids is 1. The predicted octanol–water partition coefficient (Wildman–Crippen LogP) is 6.95. The van der Waals surface area contributed by atoms with Crippen LogP contribution in [0, 0.1) is 13.8 Å². The molecule has 0 fully saturated rings. The molecule has 1 atom stereocenters. The summed E-state index contributed by atoms with van der Waals surface area (Å²) in [4.78, 5) is 11.4. The van der Waals surface area contributed by atoms with Crippen LogP contribution in [0.25, 0.3) is 0 Å². The second kappa shape index (κ2) is 15.4. The number of hydrogen-bond acceptors (Lipinski definition) is 3. The van der Waals surface area contributed by atoms with Gasteiger partial charge in [0.25, 0.3) is 10.1 Å². The van der Waals surface area contributed by atoms with Crippen LogP contribution in [0.4, 0.5) is 0 Å². The van der Waals surface area contributed by atoms with Crippen molar-refractivity contribution in [1.82, 2.24) is 5.32 Å². The highest BCUT2D eigenvalue weighted by Gasteiger charge is 2.40. The van der Waals surface area contributed by atoms with Gasteiger partial charge in [0.15, 0.2) is 0 Å². The summed E-state index contributed by atoms with van der Waals surface area (Å²) in [7, 11) is -4.35. The van der Waals surface area contributed by atoms with Crippen LogP contribution in [0.3, 0.4) is 0 Å². The smallest absolute Gasteiger partial charge is 0.274 e. The first-order chi connectivity index (χ1) is 16.1. The topological polar surface area (TPSA) is 83.5 Å². The van der Waals surface area contributed by atoms with Crippen LogP contribution in [0.15, 0.2) is 24.8 Å². The number of carbonyl (C=O) groups is 1. The molecule has 5 nitrogen and oxygen atoms in total. The van der Waals surface area contributed by atoms with Crippen molar-refractivity contribution >= 4 is 16.0 Å². The van der Waals surface area contributed by atoms with Gasteiger partial charge in [-0.3, -0.25) is 9.35 Å². The van der Waals surface area contributed by atoms with Crippen LogP contribution >= 0.6 is 0 Å². The number of hydrogen-bond donors (Lipinski definition) is 2. The van der Waals surface area contributed by atoms with Gasteiger partial charge in [0.2, 0.25) is 5.91 Å². The molecule has 0 heterocycles. The Hall–Kier alpha value is -1.66. The van der Waals surface area contributed by atoms with E-state index in [0.29, 0.717) is 18.5 Å². The molecule has 0 aromatic heterocycles. The molecule has 1 amide bonds. The Balaban J connectivity index is 2.69. The number of unbranched alkanes of at least 4 members (excludes halogenated alkanes) is 9. The predicted molar refractivity (Wildman–Crippen MR) is 143 cm³/mol. The number of rotatable bonds is 18. The molecule has 0 aliphatic carbocycles. The maximum absolute atomic E-state index is 12.4. The van der Waals surface area contributed by atoms with E-state index < -0.39 is 14.9 Å². The Labute approximate surface area is 208 Å². The van der Waals surface area contributed by atoms with Gasteiger partial charge in [-0.15, -0.1) is 0 Å². The molecule has 2 N–H and O–H groups in total. The van der Waals surface area contributed by atoms with E-state index in [0.717, 1.165) is 24.0 Å². The molecule has 0 saturated heterocycles. The summed E-state index contributed by atoms with van der Waals surface area (Å²) in [6.07, 6.45) is 15.8. The Kier molecular flexibility index (Phi) is 13.7. The molecule has 6 heteroatoms. The van der Waals surface area contributed by atoms with Gasteiger partial charge in [-0.25, -0.2) is 0 Å². The van der Waals surface area contributed by atoms with Crippen LogP contribution in [0.5, 0.6) is 0 Å². The third-order valence-electron chi connectivity index (χ3n) is 7.15. The van der Waals surface area contributed by atoms with Crippen LogP contribution < -0.4 is 5.32 Å². The fourth-order valence-electron chi connectivity index (χ4n) is 4.64. The first-order valence-corrected chi connectivity index (χ1v) is 14.5. The Morgan fingerprint density at radius 1 is 0.971 bits per heavy atom. The molecule has 194 valence electrons. The van der Waals surface area contributed by atoms with Crippen molar-refractivity contribution in [3.05, 3.63) is 47.0 Å². The average molecular weight is 494 g/mol. The molecular weight excluding hydrogens is 446 g/mol. The van der Waals surface area contributed by atoms with E-state index in [4.69, 9.17) is 0 Å². The average Bonchev–Trinajstić information content (AvgIpc) is 2.79. The largest absolute Gasteiger partial charge is 0.353 e. The normalized spacial score (nSPS) is 13.4. The molecule has 0 aliphatic rings. The van der Waals surface area contributed by atoms with Gasteiger partial charge in [0, 0.05) is 6.54 Å². The fourth-order valence-corrected chi connectivity index (χ4v) is 5.54. The van der Waals surface area contributed by atoms with Crippen molar-refractivity contribution in [2.24, 2.45) is 0 Å². The van der Waals surface area contributed by atoms with Crippen LogP contribution in [0.1, 0.15) is 113 Å². The molecule has 1 aromatic carbocycles. The van der Waals surface area contributed by atoms with Crippen molar-refractivity contribution in [2.75, 3.05) is 6.54 Å². The van der Waals surface area contributed by atoms with E-state index >= 15 is 0 Å². The lowest BCUT2D eigenvalue weighted by Gasteiger charge is -2.30. The van der Waals surface area contributed by atoms with Gasteiger partial charge in [-0.2, -0.15) is 8.42 Å². The number of nitrogens with one attached hydrogen (secondary N) is 1. The third-order valence-corrected chi connectivity index (χ3v) is 8.72. The maximum Gasteiger partial charge on any atom is 0.274 e. The molecule has 0 aliphatic heterocycles. The first kappa shape index (κ1) is 30.4. The van der Waals surface area contributed by atoms with Crippen molar-refractivity contribution in [3.8, 4) is 0 Å². The molecule has 1 aromatic rings. The number of aryl methyl sites for hydroxylation is 1. The molecule has 34 heavy (non-hydrogen) atoms. The highest BCUT2D eigenvalue weighted by atomic mass is 32.2. The van der Waals surface area contributed by atoms with Gasteiger partial charge in [0.05, 0.1) is 0 Å². The molecule has 1 unspecified atom stereocenters. The lowest BCUT2D eigenvalue weighted by atomic mass is 9.86. The molecule has 0 bridgehead atoms. The monoisotopic (exact) mass is 493 g/mol. The lowest BCUT2D eigenvalue weighted by Crippen LogP contribution is -2.34. The van der Waals surface area contributed by atoms with Crippen LogP contribution in [-0.4, -0.2) is 25.4 Å². The highest BCUT2D eigenvalue weighted by Crippen LogP contribution is 2.38. The highest BCUT2D eigenvalue weighted by molar-refractivity contribution is 7.86. The van der Waals surface area contributed by atoms with E-state index in [1.54, 1.807) is 6.92 Å². The van der Waals surface area contributed by atoms with E-state index in [9.17, 15) is 17.8 Å². The number of benzene rings is 1. The second-order valence-corrected chi connectivity index (χ2v) is 11.6. The summed E-state index contributed by atoms with van der Waals surface area (Å²) < 4.78 is 33.5. The summed E-state index contributed by atoms with van der Waals surface area (Å²) in [6, 6.07) is 3.89. The SMILES string of the molecule is C=CC(=O)NCCCC(C)(c1ccc(CCCCCCCCCCCC)c(C)c1C)S(=O)(=O)O. The Morgan fingerprint density at radius 3 is 2.06 bits per heavy atom. The van der Waals surface area contributed by atoms with Crippen molar-refractivity contribution in [2.45, 2.75) is 116 Å². The van der Waals surface area contributed by atoms with Crippen molar-refractivity contribution in [1.29, 1.82) is 0 Å². The summed E-state index contributed by atoms with van der Waals surface area (Å²) in [5, 5.41) is 2.66. The van der Waals surface area contributed by atoms with Gasteiger partial charge in [-0.1, -0.05) is 83.4 Å². The van der Waals surface area contributed by atoms with Gasteiger partial charge >= 0.3 is 0 Å². The standard InChI is InChI=1S/C28H47NO4S/c1-6-8-9-10-11-12-13-14-15-16-18-25-19-20-26(24(4)23(25)3)28(5,34(31,32)33)21-17-22-29-27(30)7-2/h7,19-20H,2,6,8-18,21-22H2,1,3-5H3,(H,29,30)(H,31,32,33). The minimum atomic E-state index is -4.35. The summed E-state index contributed by atoms with van der Waals surface area (Å²) in [5.74, 6) is -0.295.